The van der Waals surface area contributed by atoms with Crippen molar-refractivity contribution in [3.05, 3.63) is 59.4 Å². The quantitative estimate of drug-likeness (QED) is 0.0240. The van der Waals surface area contributed by atoms with E-state index in [1.54, 1.807) is 71.1 Å². The lowest BCUT2D eigenvalue weighted by molar-refractivity contribution is -0.148. The van der Waals surface area contributed by atoms with E-state index >= 15 is 4.79 Å². The summed E-state index contributed by atoms with van der Waals surface area (Å²) >= 11 is 1.39. The number of amides is 14. The van der Waals surface area contributed by atoms with Gasteiger partial charge in [0.15, 0.2) is 17.3 Å². The maximum Gasteiger partial charge on any atom is 0.409 e. The third-order valence-corrected chi connectivity index (χ3v) is 23.1. The number of benzene rings is 2. The fraction of sp³-hybridized carbons (Fsp3) is 0.675. The highest BCUT2D eigenvalue weighted by Crippen LogP contribution is 2.52. The number of primary amides is 2. The molecular formula is C80H125FN14O19S. The van der Waals surface area contributed by atoms with E-state index < -0.39 is 138 Å². The molecule has 1 unspecified atom stereocenters. The molecule has 0 spiro atoms. The maximum atomic E-state index is 15.1. The summed E-state index contributed by atoms with van der Waals surface area (Å²) in [6, 6.07) is 3.93. The SMILES string of the molecule is CC[C@H](C)[C@@H]([C@@H](CC(=O)N1C[C@@H](OC(=O)N(C)CCN(C)C(=O)OCc2ccc(NC(=O)[C@H](CCCNC(N)=O)NC(=O)[C@@H](NC(=O)CCCCCN3C(=O)CC(SCC4(CC(N)=O)CC4)C3=O)C(C)C)cc2)C[C@H]1[C@H](OC)[C@@H](C)C(=O)NCC(=O)c1ccc(OC)c(F)c1)OC)N(C)C(=O)[C@@H](NC(=O)[C@H](C(C)C)N(C)C)C(C)C. The van der Waals surface area contributed by atoms with Crippen LogP contribution in [0.15, 0.2) is 42.5 Å². The highest BCUT2D eigenvalue weighted by Gasteiger charge is 2.49. The Bertz CT molecular complexity index is 3670. The van der Waals surface area contributed by atoms with Crippen LogP contribution in [0.4, 0.5) is 24.5 Å². The molecule has 5 rings (SSSR count). The molecule has 2 aromatic rings. The van der Waals surface area contributed by atoms with Gasteiger partial charge in [-0.25, -0.2) is 18.8 Å². The Labute approximate surface area is 679 Å². The Balaban J connectivity index is 1.19. The normalized spacial score (nSPS) is 18.1. The van der Waals surface area contributed by atoms with Crippen LogP contribution in [0.3, 0.4) is 0 Å². The van der Waals surface area contributed by atoms with Gasteiger partial charge in [-0.2, -0.15) is 0 Å². The molecule has 1 aliphatic carbocycles. The third-order valence-electron chi connectivity index (χ3n) is 21.5. The fourth-order valence-electron chi connectivity index (χ4n) is 14.4. The van der Waals surface area contributed by atoms with E-state index in [0.29, 0.717) is 42.7 Å². The summed E-state index contributed by atoms with van der Waals surface area (Å²) in [5.74, 6) is -7.34. The van der Waals surface area contributed by atoms with E-state index in [0.717, 1.165) is 18.9 Å². The van der Waals surface area contributed by atoms with Crippen molar-refractivity contribution < 1.29 is 95.2 Å². The fourth-order valence-corrected chi connectivity index (χ4v) is 15.9. The minimum absolute atomic E-state index is 0.0152. The van der Waals surface area contributed by atoms with Crippen molar-refractivity contribution in [3.63, 3.8) is 0 Å². The number of Topliss-reactive ketones (excluding diaryl/α,β-unsaturated/α-hetero) is 1. The van der Waals surface area contributed by atoms with Crippen LogP contribution >= 0.6 is 11.8 Å². The molecule has 2 aliphatic heterocycles. The number of nitrogens with one attached hydrogen (secondary N) is 6. The molecule has 3 aliphatic rings. The number of carbonyl (C=O) groups is 14. The van der Waals surface area contributed by atoms with Crippen LogP contribution in [0.1, 0.15) is 162 Å². The Morgan fingerprint density at radius 2 is 1.38 bits per heavy atom. The van der Waals surface area contributed by atoms with E-state index in [4.69, 9.17) is 35.2 Å². The second-order valence-corrected chi connectivity index (χ2v) is 32.9. The largest absolute Gasteiger partial charge is 0.494 e. The molecular weight excluding hydrogens is 1510 g/mol. The Kier molecular flexibility index (Phi) is 38.5. The number of unbranched alkanes of at least 4 members (excludes halogenated alkanes) is 2. The molecule has 2 aromatic carbocycles. The van der Waals surface area contributed by atoms with E-state index in [9.17, 15) is 66.7 Å². The van der Waals surface area contributed by atoms with E-state index in [2.05, 4.69) is 31.9 Å². The number of hydrogen-bond donors (Lipinski definition) is 8. The van der Waals surface area contributed by atoms with Crippen molar-refractivity contribution in [2.45, 2.75) is 212 Å². The van der Waals surface area contributed by atoms with Crippen LogP contribution in [0.5, 0.6) is 5.75 Å². The lowest BCUT2D eigenvalue weighted by Gasteiger charge is -2.41. The molecule has 14 amide bonds. The Morgan fingerprint density at radius 1 is 0.730 bits per heavy atom. The van der Waals surface area contributed by atoms with Gasteiger partial charge >= 0.3 is 18.2 Å². The Morgan fingerprint density at radius 3 is 1.95 bits per heavy atom. The van der Waals surface area contributed by atoms with Crippen molar-refractivity contribution in [1.82, 2.24) is 56.0 Å². The summed E-state index contributed by atoms with van der Waals surface area (Å²) in [6.45, 7) is 15.7. The first-order chi connectivity index (χ1) is 54.2. The van der Waals surface area contributed by atoms with Crippen LogP contribution in [0.2, 0.25) is 0 Å². The number of nitrogens with two attached hydrogens (primary N) is 2. The van der Waals surface area contributed by atoms with Crippen molar-refractivity contribution in [2.24, 2.45) is 46.5 Å². The van der Waals surface area contributed by atoms with Gasteiger partial charge in [-0.05, 0) is 118 Å². The van der Waals surface area contributed by atoms with Crippen LogP contribution in [0, 0.1) is 40.8 Å². The second kappa shape index (κ2) is 45.9. The molecule has 0 bridgehead atoms. The number of likely N-dealkylation sites (N-methyl/N-ethyl adjacent to an activating group) is 4. The number of imide groups is 1. The average Bonchev–Trinajstić information content (AvgIpc) is 1.67. The number of urea groups is 1. The zero-order valence-corrected chi connectivity index (χ0v) is 70.7. The number of nitrogens with zero attached hydrogens (tertiary/aromatic N) is 6. The average molecular weight is 1640 g/mol. The van der Waals surface area contributed by atoms with Crippen LogP contribution in [-0.2, 0) is 73.5 Å². The molecule has 12 atom stereocenters. The van der Waals surface area contributed by atoms with Crippen LogP contribution in [-0.4, -0.2) is 274 Å². The first-order valence-electron chi connectivity index (χ1n) is 39.5. The second-order valence-electron chi connectivity index (χ2n) is 31.7. The van der Waals surface area contributed by atoms with E-state index in [1.807, 2.05) is 41.5 Å². The molecule has 3 fully saturated rings. The summed E-state index contributed by atoms with van der Waals surface area (Å²) in [6.07, 6.45) is -0.509. The number of methoxy groups -OCH3 is 3. The lowest BCUT2D eigenvalue weighted by atomic mass is 9.89. The summed E-state index contributed by atoms with van der Waals surface area (Å²) in [4.78, 5) is 197. The first kappa shape index (κ1) is 96.4. The lowest BCUT2D eigenvalue weighted by Crippen LogP contribution is -2.59. The van der Waals surface area contributed by atoms with Gasteiger partial charge in [-0.15, -0.1) is 11.8 Å². The standard InChI is InChI=1S/C80H125FN14O19S/c1-18-49(8)69(93(14)76(106)67(47(4)5)89-74(104)68(48(6)7)90(10)11)60(111-16)39-64(99)95-43-54(38-57(95)70(112-17)50(9)71(101)85-42-58(96)52-27-30-59(110-15)55(81)37-52)114-79(109)92(13)36-35-91(12)78(108)113-44-51-25-28-53(29-26-51)86-72(102)56(23-22-33-84-77(83)107)87-73(103)66(46(2)3)88-63(98)24-20-19-21-34-94-65(100)40-61(75(94)105)115-45-80(31-32-80)41-62(82)97/h25-30,37,46-50,54,56-57,60-61,66-70H,18-24,31-36,38-45H2,1-17H3,(H2,82,97)(H,85,101)(H,86,102)(H,87,103)(H,88,98)(H,89,104)(H3,83,84,107)/t49-,50+,54-,56-,57-,60+,61?,66-,67-,68-,69-,70+/m0/s1. The smallest absolute Gasteiger partial charge is 0.409 e. The zero-order chi connectivity index (χ0) is 85.9. The number of rotatable bonds is 48. The van der Waals surface area contributed by atoms with Crippen molar-refractivity contribution in [3.8, 4) is 5.75 Å². The number of ether oxygens (including phenoxy) is 5. The van der Waals surface area contributed by atoms with Gasteiger partial charge in [0.1, 0.15) is 30.8 Å². The van der Waals surface area contributed by atoms with Gasteiger partial charge in [0.2, 0.25) is 59.1 Å². The predicted molar refractivity (Wildman–Crippen MR) is 429 cm³/mol. The van der Waals surface area contributed by atoms with Crippen LogP contribution < -0.4 is 48.1 Å². The minimum Gasteiger partial charge on any atom is -0.494 e. The summed E-state index contributed by atoms with van der Waals surface area (Å²) in [5.41, 5.74) is 11.3. The molecule has 33 nitrogen and oxygen atoms in total. The highest BCUT2D eigenvalue weighted by atomic mass is 32.2. The molecule has 0 aromatic heterocycles. The van der Waals surface area contributed by atoms with Gasteiger partial charge in [-0.3, -0.25) is 62.5 Å². The molecule has 642 valence electrons. The monoisotopic (exact) mass is 1640 g/mol. The number of hydrogen-bond acceptors (Lipinski definition) is 21. The number of halogens is 1. The third kappa shape index (κ3) is 28.9. The number of ketones is 1. The molecule has 115 heavy (non-hydrogen) atoms. The number of anilines is 1. The molecule has 10 N–H and O–H groups in total. The molecule has 1 saturated carbocycles. The van der Waals surface area contributed by atoms with E-state index in [1.165, 1.54) is 83.8 Å². The van der Waals surface area contributed by atoms with E-state index in [-0.39, 0.29) is 148 Å². The molecule has 2 heterocycles. The predicted octanol–water partition coefficient (Wildman–Crippen LogP) is 5.19. The summed E-state index contributed by atoms with van der Waals surface area (Å²) in [5, 5.41) is 15.9. The Hall–Kier alpha value is -9.22. The van der Waals surface area contributed by atoms with Gasteiger partial charge in [-0.1, -0.05) is 87.3 Å². The van der Waals surface area contributed by atoms with Gasteiger partial charge in [0.25, 0.3) is 0 Å². The van der Waals surface area contributed by atoms with Gasteiger partial charge in [0, 0.05) is 104 Å². The summed E-state index contributed by atoms with van der Waals surface area (Å²) in [7, 11) is 12.2. The first-order valence-corrected chi connectivity index (χ1v) is 40.6. The maximum absolute atomic E-state index is 15.1. The van der Waals surface area contributed by atoms with Gasteiger partial charge < -0.3 is 86.7 Å². The van der Waals surface area contributed by atoms with Crippen molar-refractivity contribution >= 4 is 101 Å². The van der Waals surface area contributed by atoms with Crippen molar-refractivity contribution in [2.75, 3.05) is 107 Å². The zero-order valence-electron chi connectivity index (χ0n) is 69.9. The number of thioether (sulfide) groups is 1. The number of carbonyl (C=O) groups excluding carboxylic acids is 14. The topological polar surface area (TPSA) is 429 Å². The molecule has 0 radical (unpaired) electrons. The highest BCUT2D eigenvalue weighted by molar-refractivity contribution is 8.00. The number of likely N-dealkylation sites (tertiary alicyclic amines) is 2. The van der Waals surface area contributed by atoms with Crippen LogP contribution in [0.25, 0.3) is 0 Å². The molecule has 2 saturated heterocycles. The summed E-state index contributed by atoms with van der Waals surface area (Å²) < 4.78 is 43.4. The molecule has 35 heteroatoms. The van der Waals surface area contributed by atoms with Crippen molar-refractivity contribution in [1.29, 1.82) is 0 Å². The van der Waals surface area contributed by atoms with Gasteiger partial charge in [0.05, 0.1) is 68.1 Å². The minimum atomic E-state index is -1.14.